The molecule has 2 aromatic rings. The lowest BCUT2D eigenvalue weighted by Crippen LogP contribution is -2.44. The van der Waals surface area contributed by atoms with Gasteiger partial charge in [0.1, 0.15) is 34.9 Å². The normalized spacial score (nSPS) is 20.8. The first kappa shape index (κ1) is 47.9. The van der Waals surface area contributed by atoms with Crippen LogP contribution in [0.15, 0.2) is 54.6 Å². The Hall–Kier alpha value is -3.72. The second-order valence-electron chi connectivity index (χ2n) is 18.9. The van der Waals surface area contributed by atoms with Gasteiger partial charge in [-0.05, 0) is 101 Å². The molecule has 2 aliphatic heterocycles. The molecule has 0 aliphatic carbocycles. The molecule has 0 bridgehead atoms. The monoisotopic (exact) mass is 839 g/mol. The number of methoxy groups -OCH3 is 1. The summed E-state index contributed by atoms with van der Waals surface area (Å²) in [6.07, 6.45) is 5.36. The van der Waals surface area contributed by atoms with Crippen molar-refractivity contribution in [2.24, 2.45) is 5.92 Å². The number of hydrogen-bond acceptors (Lipinski definition) is 11. The Bertz CT molecular complexity index is 1800. The molecule has 328 valence electrons. The molecule has 0 aromatic heterocycles. The van der Waals surface area contributed by atoms with E-state index in [-0.39, 0.29) is 35.4 Å². The Balaban J connectivity index is 1.70. The molecule has 2 aromatic carbocycles. The van der Waals surface area contributed by atoms with Crippen LogP contribution in [0.1, 0.15) is 111 Å². The van der Waals surface area contributed by atoms with Gasteiger partial charge in [-0.3, -0.25) is 4.90 Å². The minimum atomic E-state index is -2.14. The van der Waals surface area contributed by atoms with Crippen molar-refractivity contribution in [2.75, 3.05) is 25.2 Å². The van der Waals surface area contributed by atoms with Gasteiger partial charge in [-0.25, -0.2) is 9.59 Å². The van der Waals surface area contributed by atoms with Crippen LogP contribution in [0.25, 0.3) is 6.08 Å². The van der Waals surface area contributed by atoms with E-state index in [0.29, 0.717) is 24.3 Å². The maximum Gasteiger partial charge on any atom is 0.414 e. The van der Waals surface area contributed by atoms with Crippen molar-refractivity contribution in [1.29, 1.82) is 0 Å². The summed E-state index contributed by atoms with van der Waals surface area (Å²) >= 11 is 0. The van der Waals surface area contributed by atoms with Crippen LogP contribution in [-0.2, 0) is 34.7 Å². The number of amides is 1. The zero-order chi connectivity index (χ0) is 44.1. The van der Waals surface area contributed by atoms with Crippen molar-refractivity contribution in [3.8, 4) is 11.5 Å². The minimum absolute atomic E-state index is 0.0228. The largest absolute Gasteiger partial charge is 0.497 e. The van der Waals surface area contributed by atoms with E-state index in [4.69, 9.17) is 37.6 Å². The summed E-state index contributed by atoms with van der Waals surface area (Å²) in [5, 5.41) is 10.2. The van der Waals surface area contributed by atoms with Crippen LogP contribution in [0.2, 0.25) is 18.1 Å². The molecular formula is C46H69NO11Si. The Labute approximate surface area is 353 Å². The Kier molecular flexibility index (Phi) is 15.4. The van der Waals surface area contributed by atoms with Gasteiger partial charge in [-0.1, -0.05) is 64.1 Å². The van der Waals surface area contributed by atoms with E-state index in [1.807, 2.05) is 90.1 Å². The van der Waals surface area contributed by atoms with Gasteiger partial charge in [-0.2, -0.15) is 0 Å². The highest BCUT2D eigenvalue weighted by molar-refractivity contribution is 6.74. The summed E-state index contributed by atoms with van der Waals surface area (Å²) in [4.78, 5) is 29.0. The maximum atomic E-state index is 13.9. The Morgan fingerprint density at radius 2 is 1.63 bits per heavy atom. The molecule has 0 spiro atoms. The van der Waals surface area contributed by atoms with Crippen molar-refractivity contribution < 1.29 is 52.3 Å². The highest BCUT2D eigenvalue weighted by Gasteiger charge is 2.45. The van der Waals surface area contributed by atoms with Crippen molar-refractivity contribution in [2.45, 2.75) is 156 Å². The number of ether oxygens (including phenoxy) is 7. The summed E-state index contributed by atoms with van der Waals surface area (Å²) in [6.45, 7) is 27.8. The minimum Gasteiger partial charge on any atom is -0.497 e. The predicted molar refractivity (Wildman–Crippen MR) is 232 cm³/mol. The van der Waals surface area contributed by atoms with Gasteiger partial charge in [0, 0.05) is 19.9 Å². The lowest BCUT2D eigenvalue weighted by atomic mass is 9.99. The first-order valence-electron chi connectivity index (χ1n) is 20.6. The molecule has 1 N–H and O–H groups in total. The highest BCUT2D eigenvalue weighted by Crippen LogP contribution is 2.40. The van der Waals surface area contributed by atoms with Crippen LogP contribution >= 0.6 is 0 Å². The number of aliphatic hydroxyl groups is 1. The molecule has 12 nitrogen and oxygen atoms in total. The molecular weight excluding hydrogens is 771 g/mol. The van der Waals surface area contributed by atoms with Gasteiger partial charge in [0.15, 0.2) is 14.1 Å². The van der Waals surface area contributed by atoms with E-state index in [1.165, 1.54) is 4.90 Å². The van der Waals surface area contributed by atoms with E-state index in [1.54, 1.807) is 40.0 Å². The summed E-state index contributed by atoms with van der Waals surface area (Å²) in [5.74, 6) is -1.79. The molecule has 0 saturated carbocycles. The van der Waals surface area contributed by atoms with Crippen LogP contribution in [0.3, 0.4) is 0 Å². The highest BCUT2D eigenvalue weighted by atomic mass is 28.4. The zero-order valence-corrected chi connectivity index (χ0v) is 39.0. The molecule has 1 fully saturated rings. The number of aliphatic hydroxyl groups excluding tert-OH is 1. The average Bonchev–Trinajstić information content (AvgIpc) is 3.41. The van der Waals surface area contributed by atoms with Crippen LogP contribution in [0, 0.1) is 5.92 Å². The molecule has 59 heavy (non-hydrogen) atoms. The molecule has 2 aliphatic rings. The molecule has 13 heteroatoms. The molecule has 4 rings (SSSR count). The SMILES string of the molecule is COc1ccc(CO[C@H](C=C[C@@H](C)[C@H](C)O)[C@H]2OC(C)(C)O[C@H]2CC=Cc2cc(N(CCO[Si](C)(C)C(C)(C)C)C(=O)OC(C)(C)C)cc3c2C(=O)OC(C)(C)O3)cc1. The smallest absolute Gasteiger partial charge is 0.414 e. The quantitative estimate of drug-likeness (QED) is 0.0985. The van der Waals surface area contributed by atoms with E-state index >= 15 is 0 Å². The molecule has 0 unspecified atom stereocenters. The average molecular weight is 840 g/mol. The number of nitrogens with zero attached hydrogens (tertiary/aromatic N) is 1. The molecule has 1 amide bonds. The van der Waals surface area contributed by atoms with Gasteiger partial charge in [0.25, 0.3) is 0 Å². The number of cyclic esters (lactones) is 1. The number of rotatable bonds is 16. The van der Waals surface area contributed by atoms with Gasteiger partial charge in [0.05, 0.1) is 44.8 Å². The van der Waals surface area contributed by atoms with Gasteiger partial charge < -0.3 is 42.7 Å². The molecule has 1 saturated heterocycles. The molecule has 0 radical (unpaired) electrons. The van der Waals surface area contributed by atoms with Crippen molar-refractivity contribution in [3.05, 3.63) is 71.3 Å². The number of hydrogen-bond donors (Lipinski definition) is 1. The third kappa shape index (κ3) is 13.4. The van der Waals surface area contributed by atoms with Crippen molar-refractivity contribution >= 4 is 32.1 Å². The van der Waals surface area contributed by atoms with E-state index < -0.39 is 62.0 Å². The number of esters is 1. The fourth-order valence-corrected chi connectivity index (χ4v) is 7.33. The third-order valence-corrected chi connectivity index (χ3v) is 15.2. The number of benzene rings is 2. The summed E-state index contributed by atoms with van der Waals surface area (Å²) in [7, 11) is -0.515. The van der Waals surface area contributed by atoms with Crippen LogP contribution in [0.5, 0.6) is 11.5 Å². The second-order valence-corrected chi connectivity index (χ2v) is 23.7. The fraction of sp³-hybridized carbons (Fsp3) is 0.609. The fourth-order valence-electron chi connectivity index (χ4n) is 6.29. The summed E-state index contributed by atoms with van der Waals surface area (Å²) in [5.41, 5.74) is 1.40. The van der Waals surface area contributed by atoms with Crippen molar-refractivity contribution in [3.63, 3.8) is 0 Å². The third-order valence-electron chi connectivity index (χ3n) is 10.7. The van der Waals surface area contributed by atoms with Gasteiger partial charge in [-0.15, -0.1) is 0 Å². The molecule has 2 heterocycles. The predicted octanol–water partition coefficient (Wildman–Crippen LogP) is 9.83. The Morgan fingerprint density at radius 3 is 2.22 bits per heavy atom. The van der Waals surface area contributed by atoms with Crippen molar-refractivity contribution in [1.82, 2.24) is 0 Å². The maximum absolute atomic E-state index is 13.9. The first-order chi connectivity index (χ1) is 27.2. The first-order valence-corrected chi connectivity index (χ1v) is 23.5. The second kappa shape index (κ2) is 18.9. The summed E-state index contributed by atoms with van der Waals surface area (Å²) < 4.78 is 49.1. The Morgan fingerprint density at radius 1 is 0.966 bits per heavy atom. The lowest BCUT2D eigenvalue weighted by molar-refractivity contribution is -0.156. The zero-order valence-electron chi connectivity index (χ0n) is 38.0. The van der Waals surface area contributed by atoms with E-state index in [0.717, 1.165) is 11.3 Å². The van der Waals surface area contributed by atoms with E-state index in [2.05, 4.69) is 33.9 Å². The summed E-state index contributed by atoms with van der Waals surface area (Å²) in [6, 6.07) is 11.1. The van der Waals surface area contributed by atoms with Crippen LogP contribution in [-0.4, -0.2) is 87.3 Å². The molecule has 5 atom stereocenters. The lowest BCUT2D eigenvalue weighted by Gasteiger charge is -2.37. The van der Waals surface area contributed by atoms with Gasteiger partial charge >= 0.3 is 12.1 Å². The number of anilines is 1. The number of carbonyl (C=O) groups is 2. The van der Waals surface area contributed by atoms with Gasteiger partial charge in [0.2, 0.25) is 5.79 Å². The standard InChI is InChI=1S/C46H69NO11Si/c1-30(31(2)48)19-24-36(52-29-32-20-22-35(51-13)23-21-32)40-37(54-45(9,10)56-40)18-16-17-33-27-34(28-38-39(33)41(49)57-46(11,12)55-38)47(42(50)58-43(3,4)5)25-26-53-59(14,15)44(6,7)8/h16-17,19-24,27-28,30-31,36-37,40,48H,18,25-26,29H2,1-15H3/t30-,31+,36-,37+,40-/m1/s1. The van der Waals surface area contributed by atoms with Crippen LogP contribution < -0.4 is 14.4 Å². The van der Waals surface area contributed by atoms with Crippen LogP contribution in [0.4, 0.5) is 10.5 Å². The number of carbonyl (C=O) groups excluding carboxylic acids is 2. The van der Waals surface area contributed by atoms with E-state index in [9.17, 15) is 14.7 Å². The topological polar surface area (TPSA) is 131 Å². The number of fused-ring (bicyclic) bond motifs is 1.